The molecule has 0 atom stereocenters. The van der Waals surface area contributed by atoms with Gasteiger partial charge in [0.2, 0.25) is 0 Å². The highest BCUT2D eigenvalue weighted by Gasteiger charge is 2.12. The fourth-order valence-electron chi connectivity index (χ4n) is 2.21. The van der Waals surface area contributed by atoms with Gasteiger partial charge in [-0.05, 0) is 36.8 Å². The number of benzene rings is 1. The van der Waals surface area contributed by atoms with E-state index < -0.39 is 0 Å². The lowest BCUT2D eigenvalue weighted by Crippen LogP contribution is -1.97. The molecule has 2 aromatic rings. The molecule has 0 saturated carbocycles. The van der Waals surface area contributed by atoms with Gasteiger partial charge in [0.05, 0.1) is 30.8 Å². The Morgan fingerprint density at radius 1 is 1.11 bits per heavy atom. The SMILES string of the molecule is Cc1cc(N)cnc1-c1ccc2c(c1)OCCCO2. The lowest BCUT2D eigenvalue weighted by Gasteiger charge is -2.10. The summed E-state index contributed by atoms with van der Waals surface area (Å²) in [6.07, 6.45) is 2.58. The van der Waals surface area contributed by atoms with Crippen molar-refractivity contribution in [3.8, 4) is 22.8 Å². The maximum Gasteiger partial charge on any atom is 0.161 e. The second-order valence-corrected chi connectivity index (χ2v) is 4.65. The molecule has 3 rings (SSSR count). The Morgan fingerprint density at radius 3 is 2.68 bits per heavy atom. The molecule has 0 fully saturated rings. The molecular formula is C15H16N2O2. The molecule has 0 spiro atoms. The third-order valence-electron chi connectivity index (χ3n) is 3.12. The van der Waals surface area contributed by atoms with Gasteiger partial charge in [-0.15, -0.1) is 0 Å². The van der Waals surface area contributed by atoms with Crippen LogP contribution in [-0.4, -0.2) is 18.2 Å². The van der Waals surface area contributed by atoms with E-state index in [2.05, 4.69) is 4.98 Å². The molecule has 2 heterocycles. The van der Waals surface area contributed by atoms with Crippen molar-refractivity contribution in [2.24, 2.45) is 0 Å². The van der Waals surface area contributed by atoms with E-state index in [-0.39, 0.29) is 0 Å². The van der Waals surface area contributed by atoms with Gasteiger partial charge in [-0.25, -0.2) is 0 Å². The van der Waals surface area contributed by atoms with Crippen LogP contribution in [0.2, 0.25) is 0 Å². The zero-order valence-corrected chi connectivity index (χ0v) is 10.8. The number of aryl methyl sites for hydroxylation is 1. The third kappa shape index (κ3) is 2.34. The fourth-order valence-corrected chi connectivity index (χ4v) is 2.21. The van der Waals surface area contributed by atoms with Crippen LogP contribution in [0.25, 0.3) is 11.3 Å². The van der Waals surface area contributed by atoms with Crippen LogP contribution in [0.1, 0.15) is 12.0 Å². The van der Waals surface area contributed by atoms with Crippen molar-refractivity contribution in [2.45, 2.75) is 13.3 Å². The van der Waals surface area contributed by atoms with E-state index in [4.69, 9.17) is 15.2 Å². The third-order valence-corrected chi connectivity index (χ3v) is 3.12. The van der Waals surface area contributed by atoms with Crippen LogP contribution in [0.15, 0.2) is 30.5 Å². The minimum atomic E-state index is 0.676. The minimum Gasteiger partial charge on any atom is -0.490 e. The average Bonchev–Trinajstić information content (AvgIpc) is 2.63. The topological polar surface area (TPSA) is 57.4 Å². The van der Waals surface area contributed by atoms with Gasteiger partial charge in [0.25, 0.3) is 0 Å². The maximum atomic E-state index is 5.73. The maximum absolute atomic E-state index is 5.73. The molecule has 0 aliphatic carbocycles. The smallest absolute Gasteiger partial charge is 0.161 e. The summed E-state index contributed by atoms with van der Waals surface area (Å²) in [6.45, 7) is 3.39. The number of pyridine rings is 1. The van der Waals surface area contributed by atoms with E-state index in [0.29, 0.717) is 18.9 Å². The number of hydrogen-bond acceptors (Lipinski definition) is 4. The highest BCUT2D eigenvalue weighted by molar-refractivity contribution is 5.68. The number of anilines is 1. The van der Waals surface area contributed by atoms with E-state index in [1.54, 1.807) is 6.20 Å². The Morgan fingerprint density at radius 2 is 1.89 bits per heavy atom. The van der Waals surface area contributed by atoms with Gasteiger partial charge in [-0.3, -0.25) is 4.98 Å². The zero-order valence-electron chi connectivity index (χ0n) is 10.8. The summed E-state index contributed by atoms with van der Waals surface area (Å²) in [7, 11) is 0. The normalized spacial score (nSPS) is 13.9. The summed E-state index contributed by atoms with van der Waals surface area (Å²) in [5.74, 6) is 1.59. The van der Waals surface area contributed by atoms with Gasteiger partial charge in [-0.1, -0.05) is 0 Å². The monoisotopic (exact) mass is 256 g/mol. The van der Waals surface area contributed by atoms with Gasteiger partial charge < -0.3 is 15.2 Å². The molecule has 0 radical (unpaired) electrons. The van der Waals surface area contributed by atoms with Crippen molar-refractivity contribution in [2.75, 3.05) is 18.9 Å². The van der Waals surface area contributed by atoms with Gasteiger partial charge in [-0.2, -0.15) is 0 Å². The number of fused-ring (bicyclic) bond motifs is 1. The predicted octanol–water partition coefficient (Wildman–Crippen LogP) is 2.80. The highest BCUT2D eigenvalue weighted by Crippen LogP contribution is 2.34. The number of hydrogen-bond donors (Lipinski definition) is 1. The second-order valence-electron chi connectivity index (χ2n) is 4.65. The molecule has 1 aliphatic heterocycles. The van der Waals surface area contributed by atoms with Crippen molar-refractivity contribution >= 4 is 5.69 Å². The molecule has 4 nitrogen and oxygen atoms in total. The van der Waals surface area contributed by atoms with Crippen molar-refractivity contribution in [1.29, 1.82) is 0 Å². The first-order chi connectivity index (χ1) is 9.24. The minimum absolute atomic E-state index is 0.676. The quantitative estimate of drug-likeness (QED) is 0.852. The van der Waals surface area contributed by atoms with E-state index in [1.807, 2.05) is 31.2 Å². The number of nitrogen functional groups attached to an aromatic ring is 1. The van der Waals surface area contributed by atoms with Crippen LogP contribution in [0.4, 0.5) is 5.69 Å². The largest absolute Gasteiger partial charge is 0.490 e. The summed E-state index contributed by atoms with van der Waals surface area (Å²) in [6, 6.07) is 7.84. The average molecular weight is 256 g/mol. The molecule has 0 saturated heterocycles. The number of nitrogens with two attached hydrogens (primary N) is 1. The molecule has 0 amide bonds. The molecule has 98 valence electrons. The molecular weight excluding hydrogens is 240 g/mol. The van der Waals surface area contributed by atoms with Gasteiger partial charge in [0.1, 0.15) is 0 Å². The summed E-state index contributed by atoms with van der Waals surface area (Å²) < 4.78 is 11.3. The Labute approximate surface area is 112 Å². The predicted molar refractivity (Wildman–Crippen MR) is 74.4 cm³/mol. The number of ether oxygens (including phenoxy) is 2. The summed E-state index contributed by atoms with van der Waals surface area (Å²) in [5.41, 5.74) is 9.39. The molecule has 19 heavy (non-hydrogen) atoms. The Kier molecular flexibility index (Phi) is 2.99. The first-order valence-electron chi connectivity index (χ1n) is 6.36. The van der Waals surface area contributed by atoms with Crippen LogP contribution in [0.3, 0.4) is 0 Å². The first-order valence-corrected chi connectivity index (χ1v) is 6.36. The summed E-state index contributed by atoms with van der Waals surface area (Å²) in [4.78, 5) is 4.40. The molecule has 2 N–H and O–H groups in total. The van der Waals surface area contributed by atoms with Crippen molar-refractivity contribution in [1.82, 2.24) is 4.98 Å². The standard InChI is InChI=1S/C15H16N2O2/c1-10-7-12(16)9-17-15(10)11-3-4-13-14(8-11)19-6-2-5-18-13/h3-4,7-9H,2,5-6,16H2,1H3. The van der Waals surface area contributed by atoms with E-state index in [9.17, 15) is 0 Å². The number of rotatable bonds is 1. The van der Waals surface area contributed by atoms with E-state index >= 15 is 0 Å². The Hall–Kier alpha value is -2.23. The lowest BCUT2D eigenvalue weighted by molar-refractivity contribution is 0.297. The molecule has 0 bridgehead atoms. The van der Waals surface area contributed by atoms with Crippen molar-refractivity contribution in [3.05, 3.63) is 36.0 Å². The van der Waals surface area contributed by atoms with Gasteiger partial charge in [0, 0.05) is 12.0 Å². The lowest BCUT2D eigenvalue weighted by atomic mass is 10.1. The molecule has 4 heteroatoms. The highest BCUT2D eigenvalue weighted by atomic mass is 16.5. The van der Waals surface area contributed by atoms with Crippen LogP contribution in [0, 0.1) is 6.92 Å². The number of nitrogens with zero attached hydrogens (tertiary/aromatic N) is 1. The van der Waals surface area contributed by atoms with Gasteiger partial charge in [0.15, 0.2) is 11.5 Å². The molecule has 1 aliphatic rings. The van der Waals surface area contributed by atoms with Crippen LogP contribution >= 0.6 is 0 Å². The van der Waals surface area contributed by atoms with Crippen LogP contribution in [0.5, 0.6) is 11.5 Å². The summed E-state index contributed by atoms with van der Waals surface area (Å²) >= 11 is 0. The Bertz CT molecular complexity index is 611. The van der Waals surface area contributed by atoms with Crippen molar-refractivity contribution < 1.29 is 9.47 Å². The molecule has 1 aromatic heterocycles. The number of aromatic nitrogens is 1. The molecule has 1 aromatic carbocycles. The first kappa shape index (κ1) is 11.8. The fraction of sp³-hybridized carbons (Fsp3) is 0.267. The van der Waals surface area contributed by atoms with E-state index in [1.165, 1.54) is 0 Å². The summed E-state index contributed by atoms with van der Waals surface area (Å²) in [5, 5.41) is 0. The van der Waals surface area contributed by atoms with Crippen LogP contribution < -0.4 is 15.2 Å². The zero-order chi connectivity index (χ0) is 13.2. The van der Waals surface area contributed by atoms with Crippen molar-refractivity contribution in [3.63, 3.8) is 0 Å². The molecule has 0 unspecified atom stereocenters. The second kappa shape index (κ2) is 4.80. The Balaban J connectivity index is 2.03. The van der Waals surface area contributed by atoms with E-state index in [0.717, 1.165) is 34.7 Å². The van der Waals surface area contributed by atoms with Gasteiger partial charge >= 0.3 is 0 Å². The van der Waals surface area contributed by atoms with Crippen LogP contribution in [-0.2, 0) is 0 Å².